The van der Waals surface area contributed by atoms with Crippen molar-refractivity contribution in [3.63, 3.8) is 0 Å². The van der Waals surface area contributed by atoms with E-state index in [0.29, 0.717) is 43.1 Å². The van der Waals surface area contributed by atoms with E-state index in [-0.39, 0.29) is 51.1 Å². The summed E-state index contributed by atoms with van der Waals surface area (Å²) >= 11 is 23.0. The Bertz CT molecular complexity index is 1680. The number of nitrogens with zero attached hydrogens (tertiary/aromatic N) is 7. The summed E-state index contributed by atoms with van der Waals surface area (Å²) in [6.45, 7) is 12.3. The van der Waals surface area contributed by atoms with E-state index >= 15 is 0 Å². The van der Waals surface area contributed by atoms with Gasteiger partial charge >= 0.3 is 0 Å². The molecule has 0 aliphatic carbocycles. The van der Waals surface area contributed by atoms with E-state index in [2.05, 4.69) is 91.3 Å². The number of amides is 2. The number of phenolic OH excluding ortho intramolecular Hbond substituents is 1. The molecule has 1 N–H and O–H groups in total. The first-order valence-corrected chi connectivity index (χ1v) is 17.9. The van der Waals surface area contributed by atoms with E-state index in [1.807, 2.05) is 0 Å². The minimum absolute atomic E-state index is 0. The van der Waals surface area contributed by atoms with E-state index < -0.39 is 0 Å². The molecule has 2 aromatic carbocycles. The van der Waals surface area contributed by atoms with Gasteiger partial charge in [0.1, 0.15) is 16.7 Å². The fraction of sp³-hybridized carbons (Fsp3) is 0.353. The van der Waals surface area contributed by atoms with Crippen LogP contribution in [0.5, 0.6) is 17.4 Å². The second-order valence-corrected chi connectivity index (χ2v) is 13.8. The number of aromatic nitrogens is 4. The first kappa shape index (κ1) is 48.4. The van der Waals surface area contributed by atoms with E-state index in [1.165, 1.54) is 28.3 Å². The molecular weight excluding hydrogens is 900 g/mol. The molecule has 0 atom stereocenters. The van der Waals surface area contributed by atoms with Crippen molar-refractivity contribution < 1.29 is 36.5 Å². The van der Waals surface area contributed by atoms with Crippen molar-refractivity contribution in [2.24, 2.45) is 0 Å². The number of phenols is 1. The maximum Gasteiger partial charge on any atom is 0.257 e. The van der Waals surface area contributed by atoms with Crippen molar-refractivity contribution in [1.29, 1.82) is 0 Å². The molecule has 0 unspecified atom stereocenters. The molecule has 1 radical (unpaired) electrons. The molecular formula is C34H42Br2Cl3CuN7O4. The van der Waals surface area contributed by atoms with Crippen molar-refractivity contribution in [3.8, 4) is 17.4 Å². The average molecular weight is 942 g/mol. The predicted octanol–water partition coefficient (Wildman–Crippen LogP) is 9.15. The maximum absolute atomic E-state index is 12.1. The SMILES string of the molecule is CCN(C(C)C)C(C)C.CN(C)C(=O)c1ccccc1O.CN(C)C(=O)c1ccccc1Oc1nc(Cl)ncc1Br.Clc1ncc(Br)c(Cl)n1.[Cu]. The fourth-order valence-corrected chi connectivity index (χ4v) is 4.92. The molecule has 4 rings (SSSR count). The zero-order valence-corrected chi connectivity index (χ0v) is 36.0. The number of hydrogen-bond acceptors (Lipinski definition) is 9. The summed E-state index contributed by atoms with van der Waals surface area (Å²) in [6, 6.07) is 14.8. The molecule has 0 aliphatic heterocycles. The van der Waals surface area contributed by atoms with Crippen LogP contribution in [-0.4, -0.2) is 98.4 Å². The second-order valence-electron chi connectivity index (χ2n) is 11.1. The van der Waals surface area contributed by atoms with Crippen LogP contribution in [0.1, 0.15) is 55.3 Å². The molecule has 0 saturated heterocycles. The van der Waals surface area contributed by atoms with Crippen LogP contribution in [0.2, 0.25) is 15.7 Å². The van der Waals surface area contributed by atoms with Crippen molar-refractivity contribution in [3.05, 3.63) is 96.7 Å². The van der Waals surface area contributed by atoms with Gasteiger partial charge in [-0.1, -0.05) is 42.8 Å². The van der Waals surface area contributed by atoms with Crippen molar-refractivity contribution >= 4 is 78.5 Å². The van der Waals surface area contributed by atoms with E-state index in [4.69, 9.17) is 39.5 Å². The summed E-state index contributed by atoms with van der Waals surface area (Å²) in [5.74, 6) is 0.340. The Morgan fingerprint density at radius 1 is 0.765 bits per heavy atom. The van der Waals surface area contributed by atoms with Crippen LogP contribution >= 0.6 is 66.7 Å². The monoisotopic (exact) mass is 938 g/mol. The van der Waals surface area contributed by atoms with Gasteiger partial charge in [-0.25, -0.2) is 15.0 Å². The van der Waals surface area contributed by atoms with Gasteiger partial charge in [-0.2, -0.15) is 4.98 Å². The smallest absolute Gasteiger partial charge is 0.257 e. The Kier molecular flexibility index (Phi) is 23.4. The quantitative estimate of drug-likeness (QED) is 0.110. The number of para-hydroxylation sites is 2. The van der Waals surface area contributed by atoms with Gasteiger partial charge in [-0.3, -0.25) is 14.5 Å². The third-order valence-corrected chi connectivity index (χ3v) is 8.32. The molecule has 0 fully saturated rings. The molecule has 17 heteroatoms. The van der Waals surface area contributed by atoms with Crippen molar-refractivity contribution in [1.82, 2.24) is 34.6 Å². The van der Waals surface area contributed by atoms with Crippen LogP contribution in [0.25, 0.3) is 0 Å². The molecule has 2 aromatic heterocycles. The van der Waals surface area contributed by atoms with Gasteiger partial charge in [0.25, 0.3) is 11.8 Å². The molecule has 51 heavy (non-hydrogen) atoms. The third-order valence-electron chi connectivity index (χ3n) is 6.32. The molecule has 11 nitrogen and oxygen atoms in total. The first-order chi connectivity index (χ1) is 23.4. The topological polar surface area (TPSA) is 125 Å². The Labute approximate surface area is 342 Å². The summed E-state index contributed by atoms with van der Waals surface area (Å²) in [6.07, 6.45) is 2.98. The first-order valence-electron chi connectivity index (χ1n) is 15.2. The van der Waals surface area contributed by atoms with Crippen LogP contribution in [0.3, 0.4) is 0 Å². The van der Waals surface area contributed by atoms with E-state index in [0.717, 1.165) is 6.54 Å². The minimum atomic E-state index is -0.187. The number of hydrogen-bond donors (Lipinski definition) is 1. The van der Waals surface area contributed by atoms with Crippen molar-refractivity contribution in [2.45, 2.75) is 46.7 Å². The minimum Gasteiger partial charge on any atom is -0.507 e. The number of aromatic hydroxyl groups is 1. The molecule has 0 saturated carbocycles. The summed E-state index contributed by atoms with van der Waals surface area (Å²) < 4.78 is 6.86. The summed E-state index contributed by atoms with van der Waals surface area (Å²) in [5.41, 5.74) is 0.779. The predicted molar refractivity (Wildman–Crippen MR) is 208 cm³/mol. The number of carbonyl (C=O) groups excluding carboxylic acids is 2. The number of benzene rings is 2. The van der Waals surface area contributed by atoms with Gasteiger partial charge in [0.2, 0.25) is 16.4 Å². The number of rotatable bonds is 7. The molecule has 283 valence electrons. The number of ether oxygens (including phenoxy) is 1. The second kappa shape index (κ2) is 24.6. The van der Waals surface area contributed by atoms with Gasteiger partial charge in [0, 0.05) is 69.7 Å². The van der Waals surface area contributed by atoms with Gasteiger partial charge in [-0.15, -0.1) is 0 Å². The summed E-state index contributed by atoms with van der Waals surface area (Å²) in [7, 11) is 6.65. The molecule has 2 amide bonds. The summed E-state index contributed by atoms with van der Waals surface area (Å²) in [5, 5.41) is 9.84. The molecule has 0 aliphatic rings. The zero-order valence-electron chi connectivity index (χ0n) is 29.6. The Morgan fingerprint density at radius 2 is 1.22 bits per heavy atom. The number of carbonyl (C=O) groups is 2. The average Bonchev–Trinajstić information content (AvgIpc) is 3.05. The largest absolute Gasteiger partial charge is 0.507 e. The maximum atomic E-state index is 12.1. The van der Waals surface area contributed by atoms with E-state index in [9.17, 15) is 14.7 Å². The standard InChI is InChI=1S/C13H11BrClN3O2.C9H11NO2.C8H19N.C4HBrCl2N2.Cu/c1-18(2)12(19)8-5-3-4-6-10(8)20-11-9(14)7-16-13(15)17-11;1-10(2)9(12)7-5-3-4-6-8(7)11;1-6-9(7(2)3)8(4)5;5-2-1-8-4(7)9-3(2)6;/h3-7H,1-2H3;3-6,11H,1-2H3;7-8H,6H2,1-5H3;1H;. The van der Waals surface area contributed by atoms with Gasteiger partial charge in [-0.05, 0) is 114 Å². The third kappa shape index (κ3) is 17.2. The molecule has 0 bridgehead atoms. The van der Waals surface area contributed by atoms with Gasteiger partial charge in [0.15, 0.2) is 0 Å². The van der Waals surface area contributed by atoms with Crippen LogP contribution in [0.15, 0.2) is 69.9 Å². The van der Waals surface area contributed by atoms with Gasteiger partial charge in [0.05, 0.1) is 20.1 Å². The Morgan fingerprint density at radius 3 is 1.65 bits per heavy atom. The van der Waals surface area contributed by atoms with Crippen LogP contribution < -0.4 is 4.74 Å². The van der Waals surface area contributed by atoms with Crippen LogP contribution in [0.4, 0.5) is 0 Å². The molecule has 4 aromatic rings. The van der Waals surface area contributed by atoms with Gasteiger partial charge < -0.3 is 19.6 Å². The fourth-order valence-electron chi connectivity index (χ4n) is 4.03. The normalized spacial score (nSPS) is 10.1. The van der Waals surface area contributed by atoms with Crippen LogP contribution in [0, 0.1) is 0 Å². The Hall–Kier alpha value is -2.55. The molecule has 0 spiro atoms. The van der Waals surface area contributed by atoms with Crippen LogP contribution in [-0.2, 0) is 17.1 Å². The summed E-state index contributed by atoms with van der Waals surface area (Å²) in [4.78, 5) is 43.9. The van der Waals surface area contributed by atoms with E-state index in [1.54, 1.807) is 70.7 Å². The molecule has 2 heterocycles. The van der Waals surface area contributed by atoms with Crippen molar-refractivity contribution in [2.75, 3.05) is 34.7 Å². The zero-order chi connectivity index (χ0) is 38.1. The number of halogens is 5. The Balaban J connectivity index is 0.000000695.